The predicted octanol–water partition coefficient (Wildman–Crippen LogP) is 4.13. The molecule has 0 spiro atoms. The summed E-state index contributed by atoms with van der Waals surface area (Å²) in [6, 6.07) is 0. The van der Waals surface area contributed by atoms with Crippen LogP contribution in [0.4, 0.5) is 0 Å². The summed E-state index contributed by atoms with van der Waals surface area (Å²) >= 11 is 3.82. The molecule has 1 rings (SSSR count). The summed E-state index contributed by atoms with van der Waals surface area (Å²) in [6.45, 7) is 4.44. The lowest BCUT2D eigenvalue weighted by Gasteiger charge is -1.96. The molecule has 0 aliphatic carbocycles. The van der Waals surface area contributed by atoms with Crippen molar-refractivity contribution in [2.75, 3.05) is 5.75 Å². The summed E-state index contributed by atoms with van der Waals surface area (Å²) in [6.07, 6.45) is 4.97. The van der Waals surface area contributed by atoms with Crippen molar-refractivity contribution in [1.29, 1.82) is 0 Å². The van der Waals surface area contributed by atoms with E-state index in [4.69, 9.17) is 0 Å². The molecule has 0 saturated carbocycles. The first-order valence-electron chi connectivity index (χ1n) is 5.37. The normalized spacial score (nSPS) is 10.7. The number of aromatic nitrogens is 1. The topological polar surface area (TPSA) is 12.9 Å². The quantitative estimate of drug-likeness (QED) is 0.652. The average Bonchev–Trinajstić information content (AvgIpc) is 2.61. The molecule has 0 amide bonds. The van der Waals surface area contributed by atoms with Gasteiger partial charge in [0.15, 0.2) is 0 Å². The molecule has 14 heavy (non-hydrogen) atoms. The Kier molecular flexibility index (Phi) is 6.28. The SMILES string of the molecule is CCCCSCc1csc(CCC)n1. The standard InChI is InChI=1S/C11H19NS2/c1-3-5-7-13-8-10-9-14-11(12-10)6-4-2/h9H,3-8H2,1-2H3. The summed E-state index contributed by atoms with van der Waals surface area (Å²) in [4.78, 5) is 4.60. The number of unbranched alkanes of at least 4 members (excludes halogenated alkanes) is 1. The summed E-state index contributed by atoms with van der Waals surface area (Å²) in [5.41, 5.74) is 1.28. The maximum Gasteiger partial charge on any atom is 0.0928 e. The van der Waals surface area contributed by atoms with Crippen LogP contribution in [0.2, 0.25) is 0 Å². The number of hydrogen-bond acceptors (Lipinski definition) is 3. The third-order valence-corrected chi connectivity index (χ3v) is 3.99. The second-order valence-electron chi connectivity index (χ2n) is 3.39. The average molecular weight is 229 g/mol. The van der Waals surface area contributed by atoms with E-state index >= 15 is 0 Å². The van der Waals surface area contributed by atoms with Gasteiger partial charge < -0.3 is 0 Å². The van der Waals surface area contributed by atoms with Crippen LogP contribution < -0.4 is 0 Å². The molecular formula is C11H19NS2. The molecule has 0 N–H and O–H groups in total. The molecule has 1 heterocycles. The lowest BCUT2D eigenvalue weighted by atomic mass is 10.3. The van der Waals surface area contributed by atoms with Crippen molar-refractivity contribution in [2.45, 2.75) is 45.3 Å². The van der Waals surface area contributed by atoms with E-state index in [9.17, 15) is 0 Å². The second kappa shape index (κ2) is 7.30. The third-order valence-electron chi connectivity index (χ3n) is 1.96. The van der Waals surface area contributed by atoms with E-state index in [1.54, 1.807) is 0 Å². The highest BCUT2D eigenvalue weighted by Crippen LogP contribution is 2.17. The summed E-state index contributed by atoms with van der Waals surface area (Å²) < 4.78 is 0. The minimum Gasteiger partial charge on any atom is -0.245 e. The number of rotatable bonds is 7. The Hall–Kier alpha value is -0.0200. The molecule has 1 aromatic rings. The van der Waals surface area contributed by atoms with E-state index in [1.165, 1.54) is 35.7 Å². The maximum atomic E-state index is 4.60. The van der Waals surface area contributed by atoms with Gasteiger partial charge in [-0.15, -0.1) is 11.3 Å². The molecule has 0 aromatic carbocycles. The number of thiazole rings is 1. The first-order chi connectivity index (χ1) is 6.86. The van der Waals surface area contributed by atoms with Gasteiger partial charge in [0.25, 0.3) is 0 Å². The monoisotopic (exact) mass is 229 g/mol. The zero-order valence-corrected chi connectivity index (χ0v) is 10.7. The molecule has 0 unspecified atom stereocenters. The van der Waals surface area contributed by atoms with Gasteiger partial charge in [-0.3, -0.25) is 0 Å². The summed E-state index contributed by atoms with van der Waals surface area (Å²) in [5, 5.41) is 3.52. The van der Waals surface area contributed by atoms with Crippen molar-refractivity contribution in [3.63, 3.8) is 0 Å². The fraction of sp³-hybridized carbons (Fsp3) is 0.727. The van der Waals surface area contributed by atoms with E-state index in [1.807, 2.05) is 23.1 Å². The molecule has 0 radical (unpaired) electrons. The number of aryl methyl sites for hydroxylation is 1. The maximum absolute atomic E-state index is 4.60. The van der Waals surface area contributed by atoms with Gasteiger partial charge in [0.05, 0.1) is 10.7 Å². The number of nitrogens with zero attached hydrogens (tertiary/aromatic N) is 1. The zero-order valence-electron chi connectivity index (χ0n) is 9.08. The van der Waals surface area contributed by atoms with E-state index < -0.39 is 0 Å². The lowest BCUT2D eigenvalue weighted by molar-refractivity contribution is 0.893. The van der Waals surface area contributed by atoms with E-state index in [2.05, 4.69) is 24.2 Å². The van der Waals surface area contributed by atoms with Crippen molar-refractivity contribution in [3.05, 3.63) is 16.1 Å². The Morgan fingerprint density at radius 2 is 2.21 bits per heavy atom. The Labute approximate surface area is 95.3 Å². The smallest absolute Gasteiger partial charge is 0.0928 e. The van der Waals surface area contributed by atoms with Gasteiger partial charge in [0.1, 0.15) is 0 Å². The van der Waals surface area contributed by atoms with Crippen LogP contribution in [0.5, 0.6) is 0 Å². The molecule has 0 fully saturated rings. The molecule has 3 heteroatoms. The highest BCUT2D eigenvalue weighted by molar-refractivity contribution is 7.98. The first-order valence-corrected chi connectivity index (χ1v) is 7.41. The van der Waals surface area contributed by atoms with E-state index in [0.717, 1.165) is 12.2 Å². The number of hydrogen-bond donors (Lipinski definition) is 0. The van der Waals surface area contributed by atoms with Crippen molar-refractivity contribution in [1.82, 2.24) is 4.98 Å². The molecule has 0 saturated heterocycles. The largest absolute Gasteiger partial charge is 0.245 e. The molecule has 0 bridgehead atoms. The molecule has 0 atom stereocenters. The lowest BCUT2D eigenvalue weighted by Crippen LogP contribution is -1.86. The van der Waals surface area contributed by atoms with Crippen LogP contribution in [-0.2, 0) is 12.2 Å². The Bertz CT molecular complexity index is 245. The molecule has 0 aliphatic heterocycles. The Morgan fingerprint density at radius 3 is 2.93 bits per heavy atom. The van der Waals surface area contributed by atoms with Crippen molar-refractivity contribution in [3.8, 4) is 0 Å². The van der Waals surface area contributed by atoms with Gasteiger partial charge in [-0.25, -0.2) is 4.98 Å². The number of thioether (sulfide) groups is 1. The highest BCUT2D eigenvalue weighted by atomic mass is 32.2. The highest BCUT2D eigenvalue weighted by Gasteiger charge is 2.00. The van der Waals surface area contributed by atoms with Gasteiger partial charge in [-0.2, -0.15) is 11.8 Å². The van der Waals surface area contributed by atoms with Crippen LogP contribution in [0.1, 0.15) is 43.8 Å². The molecule has 1 nitrogen and oxygen atoms in total. The van der Waals surface area contributed by atoms with Crippen molar-refractivity contribution < 1.29 is 0 Å². The van der Waals surface area contributed by atoms with Gasteiger partial charge in [-0.05, 0) is 25.0 Å². The fourth-order valence-electron chi connectivity index (χ4n) is 1.17. The van der Waals surface area contributed by atoms with Crippen LogP contribution in [-0.4, -0.2) is 10.7 Å². The predicted molar refractivity (Wildman–Crippen MR) is 67.2 cm³/mol. The van der Waals surface area contributed by atoms with Gasteiger partial charge in [-0.1, -0.05) is 20.3 Å². The van der Waals surface area contributed by atoms with Gasteiger partial charge >= 0.3 is 0 Å². The van der Waals surface area contributed by atoms with Crippen LogP contribution in [0.25, 0.3) is 0 Å². The fourth-order valence-corrected chi connectivity index (χ4v) is 3.17. The van der Waals surface area contributed by atoms with Crippen molar-refractivity contribution in [2.24, 2.45) is 0 Å². The van der Waals surface area contributed by atoms with Gasteiger partial charge in [0, 0.05) is 11.1 Å². The molecule has 0 aliphatic rings. The molecular weight excluding hydrogens is 210 g/mol. The Balaban J connectivity index is 2.22. The second-order valence-corrected chi connectivity index (χ2v) is 5.44. The third kappa shape index (κ3) is 4.47. The summed E-state index contributed by atoms with van der Waals surface area (Å²) in [5.74, 6) is 2.37. The van der Waals surface area contributed by atoms with Crippen LogP contribution >= 0.6 is 23.1 Å². The van der Waals surface area contributed by atoms with Gasteiger partial charge in [0.2, 0.25) is 0 Å². The zero-order chi connectivity index (χ0) is 10.2. The first kappa shape index (κ1) is 12.1. The van der Waals surface area contributed by atoms with E-state index in [0.29, 0.717) is 0 Å². The van der Waals surface area contributed by atoms with Crippen LogP contribution in [0, 0.1) is 0 Å². The summed E-state index contributed by atoms with van der Waals surface area (Å²) in [7, 11) is 0. The van der Waals surface area contributed by atoms with Crippen LogP contribution in [0.15, 0.2) is 5.38 Å². The van der Waals surface area contributed by atoms with Crippen LogP contribution in [0.3, 0.4) is 0 Å². The minimum absolute atomic E-state index is 1.10. The van der Waals surface area contributed by atoms with Crippen molar-refractivity contribution >= 4 is 23.1 Å². The van der Waals surface area contributed by atoms with E-state index in [-0.39, 0.29) is 0 Å². The minimum atomic E-state index is 1.10. The molecule has 80 valence electrons. The molecule has 1 aromatic heterocycles. The Morgan fingerprint density at radius 1 is 1.36 bits per heavy atom.